The summed E-state index contributed by atoms with van der Waals surface area (Å²) >= 11 is 0. The molecule has 1 unspecified atom stereocenters. The van der Waals surface area contributed by atoms with Crippen LogP contribution in [0.5, 0.6) is 0 Å². The van der Waals surface area contributed by atoms with Crippen molar-refractivity contribution in [1.82, 2.24) is 15.1 Å². The van der Waals surface area contributed by atoms with Crippen molar-refractivity contribution in [2.24, 2.45) is 0 Å². The standard InChI is InChI=1S/C18H21N3O2/c1-11-8-19-21(9-11)18-15(7-16(18)22)20-12(2)14-10-23-17-6-4-3-5-13(14)17/h3-6,8-10,12,15-16,18,20,22H,7H2,1-2H3/t12?,15-,16+,18+/m1/s1. The average Bonchev–Trinajstić information content (AvgIpc) is 3.13. The Hall–Kier alpha value is -2.11. The van der Waals surface area contributed by atoms with Crippen LogP contribution in [0.25, 0.3) is 11.0 Å². The van der Waals surface area contributed by atoms with Crippen molar-refractivity contribution in [2.45, 2.75) is 44.5 Å². The second-order valence-electron chi connectivity index (χ2n) is 6.47. The Morgan fingerprint density at radius 1 is 1.39 bits per heavy atom. The van der Waals surface area contributed by atoms with E-state index in [1.54, 1.807) is 0 Å². The number of furan rings is 1. The molecule has 4 rings (SSSR count). The van der Waals surface area contributed by atoms with E-state index in [0.29, 0.717) is 0 Å². The Labute approximate surface area is 134 Å². The molecule has 1 aromatic carbocycles. The summed E-state index contributed by atoms with van der Waals surface area (Å²) in [6.07, 6.45) is 6.03. The molecular weight excluding hydrogens is 290 g/mol. The monoisotopic (exact) mass is 311 g/mol. The summed E-state index contributed by atoms with van der Waals surface area (Å²) in [5.41, 5.74) is 3.16. The van der Waals surface area contributed by atoms with Crippen LogP contribution in [0.4, 0.5) is 0 Å². The van der Waals surface area contributed by atoms with E-state index in [0.717, 1.165) is 28.5 Å². The van der Waals surface area contributed by atoms with Crippen molar-refractivity contribution in [3.05, 3.63) is 54.0 Å². The van der Waals surface area contributed by atoms with E-state index in [1.165, 1.54) is 0 Å². The number of para-hydroxylation sites is 1. The molecule has 5 nitrogen and oxygen atoms in total. The Morgan fingerprint density at radius 3 is 2.96 bits per heavy atom. The number of nitrogens with one attached hydrogen (secondary N) is 1. The molecule has 120 valence electrons. The van der Waals surface area contributed by atoms with E-state index < -0.39 is 0 Å². The van der Waals surface area contributed by atoms with Crippen LogP contribution >= 0.6 is 0 Å². The minimum absolute atomic E-state index is 0.00989. The van der Waals surface area contributed by atoms with Gasteiger partial charge in [0, 0.05) is 29.2 Å². The third kappa shape index (κ3) is 2.46. The molecule has 1 aliphatic carbocycles. The number of hydrogen-bond donors (Lipinski definition) is 2. The van der Waals surface area contributed by atoms with E-state index in [9.17, 15) is 5.11 Å². The van der Waals surface area contributed by atoms with Gasteiger partial charge in [0.15, 0.2) is 0 Å². The molecule has 2 heterocycles. The van der Waals surface area contributed by atoms with Gasteiger partial charge in [0.25, 0.3) is 0 Å². The van der Waals surface area contributed by atoms with Gasteiger partial charge in [0.1, 0.15) is 5.58 Å². The molecule has 1 saturated carbocycles. The number of hydrogen-bond acceptors (Lipinski definition) is 4. The predicted octanol–water partition coefficient (Wildman–Crippen LogP) is 2.96. The summed E-state index contributed by atoms with van der Waals surface area (Å²) in [5, 5.41) is 19.2. The van der Waals surface area contributed by atoms with E-state index in [2.05, 4.69) is 23.4 Å². The summed E-state index contributed by atoms with van der Waals surface area (Å²) in [7, 11) is 0. The zero-order valence-corrected chi connectivity index (χ0v) is 13.3. The molecule has 0 saturated heterocycles. The normalized spacial score (nSPS) is 25.4. The third-order valence-electron chi connectivity index (χ3n) is 4.78. The van der Waals surface area contributed by atoms with Gasteiger partial charge in [-0.1, -0.05) is 18.2 Å². The van der Waals surface area contributed by atoms with Crippen LogP contribution < -0.4 is 5.32 Å². The number of aromatic nitrogens is 2. The number of aliphatic hydroxyl groups excluding tert-OH is 1. The maximum atomic E-state index is 10.1. The van der Waals surface area contributed by atoms with Gasteiger partial charge in [-0.15, -0.1) is 0 Å². The highest BCUT2D eigenvalue weighted by atomic mass is 16.3. The van der Waals surface area contributed by atoms with Gasteiger partial charge in [-0.05, 0) is 31.9 Å². The van der Waals surface area contributed by atoms with Gasteiger partial charge in [-0.3, -0.25) is 4.68 Å². The molecule has 5 heteroatoms. The van der Waals surface area contributed by atoms with Gasteiger partial charge in [0.2, 0.25) is 0 Å². The van der Waals surface area contributed by atoms with Crippen molar-refractivity contribution >= 4 is 11.0 Å². The number of benzene rings is 1. The van der Waals surface area contributed by atoms with Crippen LogP contribution in [0, 0.1) is 6.92 Å². The van der Waals surface area contributed by atoms with Crippen LogP contribution in [0.1, 0.15) is 36.6 Å². The zero-order valence-electron chi connectivity index (χ0n) is 13.3. The van der Waals surface area contributed by atoms with Gasteiger partial charge >= 0.3 is 0 Å². The van der Waals surface area contributed by atoms with Crippen molar-refractivity contribution in [1.29, 1.82) is 0 Å². The molecule has 0 spiro atoms. The summed E-state index contributed by atoms with van der Waals surface area (Å²) in [6, 6.07) is 8.40. The van der Waals surface area contributed by atoms with Crippen LogP contribution in [0.15, 0.2) is 47.3 Å². The zero-order chi connectivity index (χ0) is 16.0. The minimum atomic E-state index is -0.347. The fourth-order valence-corrected chi connectivity index (χ4v) is 3.48. The molecule has 0 radical (unpaired) electrons. The summed E-state index contributed by atoms with van der Waals surface area (Å²) in [5.74, 6) is 0. The molecule has 0 bridgehead atoms. The second-order valence-corrected chi connectivity index (χ2v) is 6.47. The number of aryl methyl sites for hydroxylation is 1. The fourth-order valence-electron chi connectivity index (χ4n) is 3.48. The van der Waals surface area contributed by atoms with Crippen LogP contribution in [-0.4, -0.2) is 27.0 Å². The van der Waals surface area contributed by atoms with Crippen molar-refractivity contribution in [3.63, 3.8) is 0 Å². The highest BCUT2D eigenvalue weighted by Crippen LogP contribution is 2.35. The molecule has 4 atom stereocenters. The summed E-state index contributed by atoms with van der Waals surface area (Å²) < 4.78 is 7.51. The molecule has 1 aliphatic rings. The molecule has 3 aromatic rings. The lowest BCUT2D eigenvalue weighted by Gasteiger charge is -2.43. The first-order valence-corrected chi connectivity index (χ1v) is 8.04. The maximum absolute atomic E-state index is 10.1. The Kier molecular flexibility index (Phi) is 3.47. The van der Waals surface area contributed by atoms with E-state index in [4.69, 9.17) is 4.42 Å². The van der Waals surface area contributed by atoms with Crippen LogP contribution in [0.3, 0.4) is 0 Å². The Balaban J connectivity index is 1.53. The minimum Gasteiger partial charge on any atom is -0.464 e. The SMILES string of the molecule is Cc1cnn([C@@H]2[C@@H](O)C[C@H]2NC(C)c2coc3ccccc23)c1. The largest absolute Gasteiger partial charge is 0.464 e. The number of fused-ring (bicyclic) bond motifs is 1. The smallest absolute Gasteiger partial charge is 0.134 e. The Morgan fingerprint density at radius 2 is 2.22 bits per heavy atom. The first-order valence-electron chi connectivity index (χ1n) is 8.04. The number of nitrogens with zero attached hydrogens (tertiary/aromatic N) is 2. The third-order valence-corrected chi connectivity index (χ3v) is 4.78. The molecule has 1 fully saturated rings. The van der Waals surface area contributed by atoms with E-state index in [-0.39, 0.29) is 24.2 Å². The van der Waals surface area contributed by atoms with Gasteiger partial charge in [0.05, 0.1) is 24.6 Å². The lowest BCUT2D eigenvalue weighted by Crippen LogP contribution is -2.55. The highest BCUT2D eigenvalue weighted by molar-refractivity contribution is 5.81. The highest BCUT2D eigenvalue weighted by Gasteiger charge is 2.42. The van der Waals surface area contributed by atoms with E-state index >= 15 is 0 Å². The quantitative estimate of drug-likeness (QED) is 0.777. The van der Waals surface area contributed by atoms with Gasteiger partial charge in [-0.25, -0.2) is 0 Å². The topological polar surface area (TPSA) is 63.2 Å². The van der Waals surface area contributed by atoms with Crippen molar-refractivity contribution in [2.75, 3.05) is 0 Å². The Bertz CT molecular complexity index is 822. The molecule has 23 heavy (non-hydrogen) atoms. The molecule has 2 aromatic heterocycles. The summed E-state index contributed by atoms with van der Waals surface area (Å²) in [6.45, 7) is 4.14. The lowest BCUT2D eigenvalue weighted by molar-refractivity contribution is -0.0110. The predicted molar refractivity (Wildman–Crippen MR) is 88.2 cm³/mol. The van der Waals surface area contributed by atoms with Gasteiger partial charge in [-0.2, -0.15) is 5.10 Å². The number of aliphatic hydroxyl groups is 1. The second kappa shape index (κ2) is 5.51. The maximum Gasteiger partial charge on any atom is 0.134 e. The van der Waals surface area contributed by atoms with Crippen LogP contribution in [-0.2, 0) is 0 Å². The van der Waals surface area contributed by atoms with Crippen molar-refractivity contribution < 1.29 is 9.52 Å². The molecule has 0 amide bonds. The number of rotatable bonds is 4. The first-order chi connectivity index (χ1) is 11.1. The van der Waals surface area contributed by atoms with Gasteiger partial charge < -0.3 is 14.8 Å². The average molecular weight is 311 g/mol. The molecule has 2 N–H and O–H groups in total. The fraction of sp³-hybridized carbons (Fsp3) is 0.389. The first kappa shape index (κ1) is 14.5. The van der Waals surface area contributed by atoms with E-state index in [1.807, 2.05) is 48.5 Å². The lowest BCUT2D eigenvalue weighted by atomic mass is 9.82. The molecule has 0 aliphatic heterocycles. The summed E-state index contributed by atoms with van der Waals surface area (Å²) in [4.78, 5) is 0. The van der Waals surface area contributed by atoms with Crippen LogP contribution in [0.2, 0.25) is 0 Å². The molecular formula is C18H21N3O2. The van der Waals surface area contributed by atoms with Crippen molar-refractivity contribution in [3.8, 4) is 0 Å².